The number of carbonyl (C=O) groups is 1. The van der Waals surface area contributed by atoms with Crippen molar-refractivity contribution in [2.75, 3.05) is 55.7 Å². The number of hydrogen-bond acceptors (Lipinski definition) is 8. The van der Waals surface area contributed by atoms with Crippen molar-refractivity contribution in [3.63, 3.8) is 0 Å². The van der Waals surface area contributed by atoms with Crippen LogP contribution in [0.2, 0.25) is 0 Å². The van der Waals surface area contributed by atoms with E-state index in [1.165, 1.54) is 11.9 Å². The van der Waals surface area contributed by atoms with Crippen molar-refractivity contribution < 1.29 is 14.6 Å². The molecule has 0 amide bonds. The summed E-state index contributed by atoms with van der Waals surface area (Å²) in [6, 6.07) is 15.6. The molecule has 2 aliphatic heterocycles. The molecule has 0 spiro atoms. The number of benzene rings is 2. The van der Waals surface area contributed by atoms with Gasteiger partial charge in [-0.2, -0.15) is 0 Å². The van der Waals surface area contributed by atoms with Crippen molar-refractivity contribution in [1.29, 1.82) is 0 Å². The number of fused-ring (bicyclic) bond motifs is 2. The van der Waals surface area contributed by atoms with Gasteiger partial charge >= 0.3 is 11.7 Å². The summed E-state index contributed by atoms with van der Waals surface area (Å²) >= 11 is 1.71. The van der Waals surface area contributed by atoms with Gasteiger partial charge in [-0.15, -0.1) is 0 Å². The van der Waals surface area contributed by atoms with E-state index < -0.39 is 5.97 Å². The van der Waals surface area contributed by atoms with Crippen molar-refractivity contribution in [2.24, 2.45) is 14.1 Å². The Labute approximate surface area is 231 Å². The molecule has 5 rings (SSSR count). The highest BCUT2D eigenvalue weighted by Gasteiger charge is 2.24. The Morgan fingerprint density at radius 1 is 0.923 bits per heavy atom. The molecule has 1 fully saturated rings. The van der Waals surface area contributed by atoms with Gasteiger partial charge in [-0.3, -0.25) is 13.9 Å². The molecular weight excluding hydrogens is 518 g/mol. The second kappa shape index (κ2) is 11.6. The second-order valence-corrected chi connectivity index (χ2v) is 10.9. The van der Waals surface area contributed by atoms with Gasteiger partial charge in [-0.25, -0.2) is 9.59 Å². The number of aromatic nitrogens is 2. The first-order chi connectivity index (χ1) is 18.8. The van der Waals surface area contributed by atoms with E-state index in [9.17, 15) is 14.4 Å². The molecule has 1 aromatic heterocycles. The fourth-order valence-corrected chi connectivity index (χ4v) is 6.26. The van der Waals surface area contributed by atoms with Crippen LogP contribution in [0, 0.1) is 0 Å². The van der Waals surface area contributed by atoms with Gasteiger partial charge in [0, 0.05) is 62.2 Å². The lowest BCUT2D eigenvalue weighted by molar-refractivity contribution is -0.139. The molecule has 0 atom stereocenters. The Morgan fingerprint density at radius 3 is 2.54 bits per heavy atom. The van der Waals surface area contributed by atoms with Gasteiger partial charge in [0.25, 0.3) is 5.56 Å². The lowest BCUT2D eigenvalue weighted by Crippen LogP contribution is -2.41. The summed E-state index contributed by atoms with van der Waals surface area (Å²) in [5, 5.41) is 9.01. The first kappa shape index (κ1) is 26.9. The third-order valence-corrected chi connectivity index (χ3v) is 8.36. The molecule has 3 aromatic rings. The highest BCUT2D eigenvalue weighted by Crippen LogP contribution is 2.49. The van der Waals surface area contributed by atoms with Crippen molar-refractivity contribution in [1.82, 2.24) is 14.0 Å². The number of carboxylic acids is 1. The van der Waals surface area contributed by atoms with Crippen LogP contribution in [0.3, 0.4) is 0 Å². The lowest BCUT2D eigenvalue weighted by atomic mass is 10.2. The maximum absolute atomic E-state index is 12.4. The van der Waals surface area contributed by atoms with Crippen LogP contribution in [0.4, 0.5) is 17.2 Å². The van der Waals surface area contributed by atoms with Gasteiger partial charge in [0.2, 0.25) is 0 Å². The molecule has 10 nitrogen and oxygen atoms in total. The van der Waals surface area contributed by atoms with E-state index in [1.807, 2.05) is 30.3 Å². The minimum atomic E-state index is -1.00. The van der Waals surface area contributed by atoms with E-state index in [4.69, 9.17) is 9.84 Å². The van der Waals surface area contributed by atoms with E-state index in [-0.39, 0.29) is 17.9 Å². The molecule has 3 heterocycles. The normalized spacial score (nSPS) is 15.4. The third kappa shape index (κ3) is 5.84. The van der Waals surface area contributed by atoms with Gasteiger partial charge in [-0.05, 0) is 50.2 Å². The van der Waals surface area contributed by atoms with E-state index in [0.29, 0.717) is 11.6 Å². The number of carboxylic acid groups (broad SMARTS) is 1. The largest absolute Gasteiger partial charge is 0.482 e. The monoisotopic (exact) mass is 551 g/mol. The van der Waals surface area contributed by atoms with Crippen LogP contribution in [0.25, 0.3) is 0 Å². The zero-order valence-electron chi connectivity index (χ0n) is 22.2. The average Bonchev–Trinajstić information content (AvgIpc) is 3.18. The quantitative estimate of drug-likeness (QED) is 0.453. The van der Waals surface area contributed by atoms with Crippen LogP contribution in [0.5, 0.6) is 5.75 Å². The molecule has 2 aromatic carbocycles. The summed E-state index contributed by atoms with van der Waals surface area (Å²) in [6.45, 7) is 4.68. The minimum absolute atomic E-state index is 0.286. The minimum Gasteiger partial charge on any atom is -0.482 e. The molecule has 0 radical (unpaired) electrons. The smallest absolute Gasteiger partial charge is 0.341 e. The van der Waals surface area contributed by atoms with Gasteiger partial charge in [0.1, 0.15) is 11.6 Å². The Hall–Kier alpha value is -3.70. The Morgan fingerprint density at radius 2 is 1.72 bits per heavy atom. The molecule has 1 saturated heterocycles. The van der Waals surface area contributed by atoms with Gasteiger partial charge in [0.15, 0.2) is 6.61 Å². The number of ether oxygens (including phenoxy) is 1. The highest BCUT2D eigenvalue weighted by molar-refractivity contribution is 7.99. The van der Waals surface area contributed by atoms with Crippen LogP contribution in [0.15, 0.2) is 67.9 Å². The molecule has 11 heteroatoms. The zero-order valence-corrected chi connectivity index (χ0v) is 23.0. The number of hydrogen-bond donors (Lipinski definition) is 1. The fraction of sp³-hybridized carbons (Fsp3) is 0.393. The maximum Gasteiger partial charge on any atom is 0.341 e. The van der Waals surface area contributed by atoms with Crippen LogP contribution in [-0.2, 0) is 18.9 Å². The lowest BCUT2D eigenvalue weighted by Gasteiger charge is -2.33. The summed E-state index contributed by atoms with van der Waals surface area (Å²) in [5.41, 5.74) is 1.57. The van der Waals surface area contributed by atoms with Gasteiger partial charge in [-0.1, -0.05) is 23.9 Å². The second-order valence-electron chi connectivity index (χ2n) is 9.81. The first-order valence-electron chi connectivity index (χ1n) is 13.1. The average molecular weight is 552 g/mol. The highest BCUT2D eigenvalue weighted by atomic mass is 32.2. The van der Waals surface area contributed by atoms with E-state index in [0.717, 1.165) is 72.9 Å². The van der Waals surface area contributed by atoms with Crippen LogP contribution in [-0.4, -0.2) is 71.0 Å². The number of para-hydroxylation sites is 1. The molecule has 206 valence electrons. The number of anilines is 3. The predicted molar refractivity (Wildman–Crippen MR) is 152 cm³/mol. The summed E-state index contributed by atoms with van der Waals surface area (Å²) in [4.78, 5) is 44.8. The van der Waals surface area contributed by atoms with Crippen molar-refractivity contribution in [3.05, 3.63) is 69.4 Å². The van der Waals surface area contributed by atoms with Crippen LogP contribution < -0.4 is 25.8 Å². The topological polar surface area (TPSA) is 100 Å². The third-order valence-electron chi connectivity index (χ3n) is 7.23. The zero-order chi connectivity index (χ0) is 27.5. The standard InChI is InChI=1S/C28H33N5O5S/c1-29-25(18-26(34)30(2)28(29)37)32-13-5-11-31(15-16-32)12-6-14-33-21-7-3-4-8-23(21)39-24-10-9-20(17-22(24)33)38-19-27(35)36/h3-4,7-10,17-18H,5-6,11-16,19H2,1-2H3,(H,35,36). The van der Waals surface area contributed by atoms with Crippen LogP contribution in [0.1, 0.15) is 12.8 Å². The number of nitrogens with zero attached hydrogens (tertiary/aromatic N) is 5. The predicted octanol–water partition coefficient (Wildman–Crippen LogP) is 2.75. The van der Waals surface area contributed by atoms with E-state index in [1.54, 1.807) is 29.4 Å². The van der Waals surface area contributed by atoms with Gasteiger partial charge in [0.05, 0.1) is 11.4 Å². The van der Waals surface area contributed by atoms with E-state index in [2.05, 4.69) is 26.8 Å². The van der Waals surface area contributed by atoms with Gasteiger partial charge < -0.3 is 24.5 Å². The SMILES string of the molecule is Cn1c(N2CCCN(CCCN3c4ccccc4Sc4ccc(OCC(=O)O)cc43)CC2)cc(=O)n(C)c1=O. The Bertz CT molecular complexity index is 1490. The van der Waals surface area contributed by atoms with Crippen LogP contribution >= 0.6 is 11.8 Å². The summed E-state index contributed by atoms with van der Waals surface area (Å²) in [5.74, 6) is 0.209. The molecular formula is C28H33N5O5S. The van der Waals surface area contributed by atoms with Crippen molar-refractivity contribution in [2.45, 2.75) is 22.6 Å². The van der Waals surface area contributed by atoms with Crippen molar-refractivity contribution >= 4 is 34.9 Å². The summed E-state index contributed by atoms with van der Waals surface area (Å²) in [6.07, 6.45) is 1.88. The number of rotatable bonds is 8. The maximum atomic E-state index is 12.4. The fourth-order valence-electron chi connectivity index (χ4n) is 5.19. The first-order valence-corrected chi connectivity index (χ1v) is 13.9. The molecule has 2 aliphatic rings. The molecule has 0 aliphatic carbocycles. The Kier molecular flexibility index (Phi) is 7.99. The number of aliphatic carboxylic acids is 1. The Balaban J connectivity index is 1.26. The van der Waals surface area contributed by atoms with Crippen molar-refractivity contribution in [3.8, 4) is 5.75 Å². The summed E-state index contributed by atoms with van der Waals surface area (Å²) in [7, 11) is 3.21. The molecule has 0 bridgehead atoms. The molecule has 0 saturated carbocycles. The molecule has 1 N–H and O–H groups in total. The van der Waals surface area contributed by atoms with E-state index >= 15 is 0 Å². The molecule has 39 heavy (non-hydrogen) atoms. The molecule has 0 unspecified atom stereocenters. The summed E-state index contributed by atoms with van der Waals surface area (Å²) < 4.78 is 8.15.